The highest BCUT2D eigenvalue weighted by Gasteiger charge is 2.11. The Bertz CT molecular complexity index is 292. The van der Waals surface area contributed by atoms with E-state index in [4.69, 9.17) is 0 Å². The molecule has 1 saturated heterocycles. The van der Waals surface area contributed by atoms with E-state index >= 15 is 0 Å². The molecule has 86 valence electrons. The highest BCUT2D eigenvalue weighted by molar-refractivity contribution is 5.85. The molecule has 0 atom stereocenters. The fraction of sp³-hybridized carbons (Fsp3) is 0.444. The highest BCUT2D eigenvalue weighted by Crippen LogP contribution is 2.11. The molecule has 1 aromatic heterocycles. The monoisotopic (exact) mass is 253 g/mol. The van der Waals surface area contributed by atoms with Gasteiger partial charge in [0.05, 0.1) is 0 Å². The topological polar surface area (TPSA) is 28.2 Å². The largest absolute Gasteiger partial charge is 0.354 e. The van der Waals surface area contributed by atoms with E-state index < -0.39 is 0 Å². The summed E-state index contributed by atoms with van der Waals surface area (Å²) in [5.74, 6) is 0.519. The van der Waals surface area contributed by atoms with Crippen LogP contribution >= 0.6 is 24.8 Å². The molecule has 1 fully saturated rings. The van der Waals surface area contributed by atoms with Crippen LogP contribution in [0.3, 0.4) is 0 Å². The Labute approximate surface area is 101 Å². The second-order valence-electron chi connectivity index (χ2n) is 3.07. The van der Waals surface area contributed by atoms with Crippen molar-refractivity contribution in [3.8, 4) is 0 Å². The Morgan fingerprint density at radius 2 is 1.93 bits per heavy atom. The molecule has 0 aromatic carbocycles. The molecule has 2 rings (SSSR count). The number of anilines is 1. The van der Waals surface area contributed by atoms with E-state index in [1.807, 2.05) is 0 Å². The molecule has 0 amide bonds. The summed E-state index contributed by atoms with van der Waals surface area (Å²) in [4.78, 5) is 6.20. The number of hydrogen-bond donors (Lipinski definition) is 1. The van der Waals surface area contributed by atoms with Crippen LogP contribution < -0.4 is 10.2 Å². The molecule has 6 heteroatoms. The fourth-order valence-electron chi connectivity index (χ4n) is 1.46. The van der Waals surface area contributed by atoms with Crippen molar-refractivity contribution in [2.24, 2.45) is 0 Å². The quantitative estimate of drug-likeness (QED) is 0.822. The summed E-state index contributed by atoms with van der Waals surface area (Å²) in [7, 11) is 0. The van der Waals surface area contributed by atoms with E-state index in [1.54, 1.807) is 0 Å². The zero-order valence-corrected chi connectivity index (χ0v) is 9.78. The minimum Gasteiger partial charge on any atom is -0.354 e. The van der Waals surface area contributed by atoms with Gasteiger partial charge in [-0.05, 0) is 6.07 Å². The van der Waals surface area contributed by atoms with E-state index in [2.05, 4.69) is 15.2 Å². The van der Waals surface area contributed by atoms with E-state index in [0.29, 0.717) is 0 Å². The molecule has 3 nitrogen and oxygen atoms in total. The van der Waals surface area contributed by atoms with E-state index in [1.165, 1.54) is 18.3 Å². The van der Waals surface area contributed by atoms with Crippen LogP contribution in [0.5, 0.6) is 0 Å². The third-order valence-corrected chi connectivity index (χ3v) is 2.15. The maximum atomic E-state index is 12.8. The summed E-state index contributed by atoms with van der Waals surface area (Å²) in [5, 5.41) is 3.24. The molecule has 0 saturated carbocycles. The summed E-state index contributed by atoms with van der Waals surface area (Å²) in [6.45, 7) is 3.68. The van der Waals surface area contributed by atoms with Gasteiger partial charge in [-0.15, -0.1) is 24.8 Å². The van der Waals surface area contributed by atoms with Gasteiger partial charge in [0.15, 0.2) is 0 Å². The Morgan fingerprint density at radius 1 is 1.27 bits per heavy atom. The number of hydrogen-bond acceptors (Lipinski definition) is 3. The van der Waals surface area contributed by atoms with Crippen LogP contribution in [-0.2, 0) is 0 Å². The molecular formula is C9H14Cl2FN3. The van der Waals surface area contributed by atoms with Crippen LogP contribution in [0.1, 0.15) is 0 Å². The zero-order valence-electron chi connectivity index (χ0n) is 8.15. The van der Waals surface area contributed by atoms with Gasteiger partial charge in [0.1, 0.15) is 11.6 Å². The second kappa shape index (κ2) is 6.82. The number of aromatic nitrogens is 1. The van der Waals surface area contributed by atoms with Crippen LogP contribution in [-0.4, -0.2) is 31.2 Å². The van der Waals surface area contributed by atoms with Crippen LogP contribution in [0, 0.1) is 5.82 Å². The first-order valence-corrected chi connectivity index (χ1v) is 4.43. The minimum atomic E-state index is -0.219. The van der Waals surface area contributed by atoms with Gasteiger partial charge in [0, 0.05) is 38.4 Å². The van der Waals surface area contributed by atoms with Gasteiger partial charge in [-0.1, -0.05) is 0 Å². The Kier molecular flexibility index (Phi) is 6.56. The lowest BCUT2D eigenvalue weighted by atomic mass is 10.3. The number of pyridine rings is 1. The SMILES string of the molecule is Cl.Cl.Fc1ccnc(N2CCNCC2)c1. The maximum absolute atomic E-state index is 12.8. The molecule has 0 radical (unpaired) electrons. The summed E-state index contributed by atoms with van der Waals surface area (Å²) in [5.41, 5.74) is 0. The number of nitrogens with one attached hydrogen (secondary N) is 1. The Hall–Kier alpha value is -0.580. The van der Waals surface area contributed by atoms with Gasteiger partial charge < -0.3 is 10.2 Å². The number of piperazine rings is 1. The third-order valence-electron chi connectivity index (χ3n) is 2.15. The summed E-state index contributed by atoms with van der Waals surface area (Å²) >= 11 is 0. The van der Waals surface area contributed by atoms with Gasteiger partial charge >= 0.3 is 0 Å². The normalized spacial score (nSPS) is 15.1. The molecule has 1 N–H and O–H groups in total. The van der Waals surface area contributed by atoms with Gasteiger partial charge in [0.25, 0.3) is 0 Å². The first kappa shape index (κ1) is 14.4. The molecule has 0 spiro atoms. The highest BCUT2D eigenvalue weighted by atomic mass is 35.5. The van der Waals surface area contributed by atoms with Crippen molar-refractivity contribution in [1.82, 2.24) is 10.3 Å². The molecule has 2 heterocycles. The lowest BCUT2D eigenvalue weighted by Gasteiger charge is -2.28. The maximum Gasteiger partial charge on any atom is 0.131 e. The standard InChI is InChI=1S/C9H12FN3.2ClH/c10-8-1-2-12-9(7-8)13-5-3-11-4-6-13;;/h1-2,7,11H,3-6H2;2*1H. The molecule has 1 aliphatic rings. The van der Waals surface area contributed by atoms with Crippen LogP contribution in [0.25, 0.3) is 0 Å². The second-order valence-corrected chi connectivity index (χ2v) is 3.07. The predicted octanol–water partition coefficient (Wildman–Crippen LogP) is 1.47. The fourth-order valence-corrected chi connectivity index (χ4v) is 1.46. The third kappa shape index (κ3) is 3.81. The smallest absolute Gasteiger partial charge is 0.131 e. The summed E-state index contributed by atoms with van der Waals surface area (Å²) in [6, 6.07) is 2.84. The van der Waals surface area contributed by atoms with Crippen molar-refractivity contribution in [2.45, 2.75) is 0 Å². The average molecular weight is 254 g/mol. The molecule has 0 unspecified atom stereocenters. The van der Waals surface area contributed by atoms with Gasteiger partial charge in [0.2, 0.25) is 0 Å². The molecule has 1 aliphatic heterocycles. The molecular weight excluding hydrogens is 240 g/mol. The van der Waals surface area contributed by atoms with E-state index in [0.717, 1.165) is 32.0 Å². The average Bonchev–Trinajstić information content (AvgIpc) is 2.19. The Morgan fingerprint density at radius 3 is 2.53 bits per heavy atom. The first-order chi connectivity index (χ1) is 6.36. The first-order valence-electron chi connectivity index (χ1n) is 4.43. The summed E-state index contributed by atoms with van der Waals surface area (Å²) < 4.78 is 12.8. The van der Waals surface area contributed by atoms with E-state index in [9.17, 15) is 4.39 Å². The van der Waals surface area contributed by atoms with Gasteiger partial charge in [-0.2, -0.15) is 0 Å². The van der Waals surface area contributed by atoms with E-state index in [-0.39, 0.29) is 30.6 Å². The van der Waals surface area contributed by atoms with Crippen molar-refractivity contribution in [1.29, 1.82) is 0 Å². The van der Waals surface area contributed by atoms with Crippen molar-refractivity contribution in [3.05, 3.63) is 24.1 Å². The zero-order chi connectivity index (χ0) is 9.10. The number of halogens is 3. The van der Waals surface area contributed by atoms with Crippen LogP contribution in [0.15, 0.2) is 18.3 Å². The van der Waals surface area contributed by atoms with Crippen molar-refractivity contribution in [2.75, 3.05) is 31.1 Å². The Balaban J connectivity index is 0.000000980. The predicted molar refractivity (Wildman–Crippen MR) is 63.8 cm³/mol. The lowest BCUT2D eigenvalue weighted by molar-refractivity contribution is 0.579. The molecule has 0 aliphatic carbocycles. The molecule has 0 bridgehead atoms. The lowest BCUT2D eigenvalue weighted by Crippen LogP contribution is -2.43. The van der Waals surface area contributed by atoms with Gasteiger partial charge in [-0.25, -0.2) is 9.37 Å². The van der Waals surface area contributed by atoms with Gasteiger partial charge in [-0.3, -0.25) is 0 Å². The molecule has 15 heavy (non-hydrogen) atoms. The minimum absolute atomic E-state index is 0. The summed E-state index contributed by atoms with van der Waals surface area (Å²) in [6.07, 6.45) is 1.51. The van der Waals surface area contributed by atoms with Crippen molar-refractivity contribution >= 4 is 30.6 Å². The number of nitrogens with zero attached hydrogens (tertiary/aromatic N) is 2. The van der Waals surface area contributed by atoms with Crippen molar-refractivity contribution in [3.63, 3.8) is 0 Å². The molecule has 1 aromatic rings. The number of rotatable bonds is 1. The van der Waals surface area contributed by atoms with Crippen molar-refractivity contribution < 1.29 is 4.39 Å². The van der Waals surface area contributed by atoms with Crippen LogP contribution in [0.2, 0.25) is 0 Å². The van der Waals surface area contributed by atoms with Crippen LogP contribution in [0.4, 0.5) is 10.2 Å².